The Hall–Kier alpha value is -3.54. The van der Waals surface area contributed by atoms with Crippen LogP contribution in [0.15, 0.2) is 95.4 Å². The first-order chi connectivity index (χ1) is 17.1. The molecule has 3 aromatic carbocycles. The standard InChI is InChI=1S/C30H31NO4/c1-33-26-14-8-23(9-15-26)30(32,24-10-16-27(34-2)17-11-24)29-19-18-28(35-29)21-31(25-12-13-25)20-22-6-4-3-5-7-22/h3-11,14-19,25,32H,12-13,20-21H2,1-2H3. The SMILES string of the molecule is COc1ccc(C(O)(c2ccc(OC)cc2)c2ccc(CN(Cc3ccccc3)C3CC3)o2)cc1. The average Bonchev–Trinajstić information content (AvgIpc) is 3.66. The maximum absolute atomic E-state index is 12.2. The van der Waals surface area contributed by atoms with Gasteiger partial charge >= 0.3 is 0 Å². The predicted octanol–water partition coefficient (Wildman–Crippen LogP) is 5.75. The van der Waals surface area contributed by atoms with E-state index in [2.05, 4.69) is 29.2 Å². The summed E-state index contributed by atoms with van der Waals surface area (Å²) in [6, 6.07) is 29.9. The van der Waals surface area contributed by atoms with Gasteiger partial charge in [-0.2, -0.15) is 0 Å². The fourth-order valence-corrected chi connectivity index (χ4v) is 4.54. The van der Waals surface area contributed by atoms with E-state index in [-0.39, 0.29) is 0 Å². The molecule has 1 heterocycles. The van der Waals surface area contributed by atoms with E-state index in [9.17, 15) is 5.11 Å². The summed E-state index contributed by atoms with van der Waals surface area (Å²) in [5.41, 5.74) is 1.24. The second kappa shape index (κ2) is 9.98. The monoisotopic (exact) mass is 469 g/mol. The first-order valence-corrected chi connectivity index (χ1v) is 12.0. The molecule has 0 spiro atoms. The minimum Gasteiger partial charge on any atom is -0.497 e. The number of aliphatic hydroxyl groups is 1. The number of furan rings is 1. The normalized spacial score (nSPS) is 13.7. The minimum atomic E-state index is -1.46. The molecule has 4 aromatic rings. The predicted molar refractivity (Wildman–Crippen MR) is 136 cm³/mol. The lowest BCUT2D eigenvalue weighted by atomic mass is 9.84. The van der Waals surface area contributed by atoms with Gasteiger partial charge in [-0.05, 0) is 65.9 Å². The van der Waals surface area contributed by atoms with Crippen LogP contribution in [-0.4, -0.2) is 30.3 Å². The quantitative estimate of drug-likeness (QED) is 0.321. The molecule has 5 heteroatoms. The van der Waals surface area contributed by atoms with Gasteiger partial charge in [-0.15, -0.1) is 0 Å². The van der Waals surface area contributed by atoms with Crippen LogP contribution in [0.25, 0.3) is 0 Å². The number of rotatable bonds is 10. The van der Waals surface area contributed by atoms with Gasteiger partial charge in [0, 0.05) is 12.6 Å². The lowest BCUT2D eigenvalue weighted by Gasteiger charge is -2.28. The van der Waals surface area contributed by atoms with Crippen molar-refractivity contribution in [2.75, 3.05) is 14.2 Å². The molecule has 0 aliphatic heterocycles. The summed E-state index contributed by atoms with van der Waals surface area (Å²) in [6.07, 6.45) is 2.42. The molecule has 0 saturated heterocycles. The highest BCUT2D eigenvalue weighted by Crippen LogP contribution is 2.39. The van der Waals surface area contributed by atoms with E-state index in [4.69, 9.17) is 13.9 Å². The molecule has 1 N–H and O–H groups in total. The maximum Gasteiger partial charge on any atom is 0.173 e. The molecule has 0 bridgehead atoms. The van der Waals surface area contributed by atoms with Gasteiger partial charge in [0.1, 0.15) is 23.0 Å². The second-order valence-corrected chi connectivity index (χ2v) is 9.06. The topological polar surface area (TPSA) is 55.1 Å². The van der Waals surface area contributed by atoms with Gasteiger partial charge < -0.3 is 19.0 Å². The fourth-order valence-electron chi connectivity index (χ4n) is 4.54. The molecular weight excluding hydrogens is 438 g/mol. The van der Waals surface area contributed by atoms with Gasteiger partial charge in [-0.3, -0.25) is 4.90 Å². The molecule has 0 atom stereocenters. The molecule has 0 unspecified atom stereocenters. The average molecular weight is 470 g/mol. The van der Waals surface area contributed by atoms with E-state index in [1.54, 1.807) is 14.2 Å². The molecule has 0 amide bonds. The van der Waals surface area contributed by atoms with Gasteiger partial charge in [-0.1, -0.05) is 54.6 Å². The van der Waals surface area contributed by atoms with Crippen molar-refractivity contribution < 1.29 is 19.0 Å². The molecule has 35 heavy (non-hydrogen) atoms. The van der Waals surface area contributed by atoms with Gasteiger partial charge in [-0.25, -0.2) is 0 Å². The highest BCUT2D eigenvalue weighted by molar-refractivity contribution is 5.46. The van der Waals surface area contributed by atoms with Crippen molar-refractivity contribution in [1.82, 2.24) is 4.90 Å². The van der Waals surface area contributed by atoms with Crippen LogP contribution in [-0.2, 0) is 18.7 Å². The van der Waals surface area contributed by atoms with Crippen LogP contribution in [0, 0.1) is 0 Å². The third-order valence-electron chi connectivity index (χ3n) is 6.68. The van der Waals surface area contributed by atoms with Crippen molar-refractivity contribution >= 4 is 0 Å². The van der Waals surface area contributed by atoms with Gasteiger partial charge in [0.05, 0.1) is 20.8 Å². The molecule has 1 saturated carbocycles. The Morgan fingerprint density at radius 1 is 0.771 bits per heavy atom. The number of methoxy groups -OCH3 is 2. The molecule has 180 valence electrons. The highest BCUT2D eigenvalue weighted by atomic mass is 16.5. The summed E-state index contributed by atoms with van der Waals surface area (Å²) in [7, 11) is 3.26. The zero-order chi connectivity index (χ0) is 24.3. The van der Waals surface area contributed by atoms with Crippen LogP contribution in [0.4, 0.5) is 0 Å². The number of ether oxygens (including phenoxy) is 2. The molecular formula is C30H31NO4. The van der Waals surface area contributed by atoms with Crippen molar-refractivity contribution in [1.29, 1.82) is 0 Å². The van der Waals surface area contributed by atoms with E-state index < -0.39 is 5.60 Å². The Bertz CT molecular complexity index is 1180. The summed E-state index contributed by atoms with van der Waals surface area (Å²) < 4.78 is 17.0. The van der Waals surface area contributed by atoms with E-state index in [0.717, 1.165) is 23.8 Å². The smallest absolute Gasteiger partial charge is 0.173 e. The zero-order valence-corrected chi connectivity index (χ0v) is 20.2. The molecule has 5 rings (SSSR count). The Morgan fingerprint density at radius 3 is 1.86 bits per heavy atom. The summed E-state index contributed by atoms with van der Waals surface area (Å²) in [5.74, 6) is 2.78. The lowest BCUT2D eigenvalue weighted by molar-refractivity contribution is 0.0949. The molecule has 1 aromatic heterocycles. The first kappa shape index (κ1) is 23.2. The van der Waals surface area contributed by atoms with Gasteiger partial charge in [0.15, 0.2) is 5.60 Å². The number of nitrogens with zero attached hydrogens (tertiary/aromatic N) is 1. The summed E-state index contributed by atoms with van der Waals surface area (Å²) in [6.45, 7) is 1.57. The van der Waals surface area contributed by atoms with Gasteiger partial charge in [0.2, 0.25) is 0 Å². The highest BCUT2D eigenvalue weighted by Gasteiger charge is 2.38. The zero-order valence-electron chi connectivity index (χ0n) is 20.2. The van der Waals surface area contributed by atoms with Crippen molar-refractivity contribution in [3.8, 4) is 11.5 Å². The third kappa shape index (κ3) is 4.97. The summed E-state index contributed by atoms with van der Waals surface area (Å²) in [4.78, 5) is 2.46. The molecule has 1 fully saturated rings. The van der Waals surface area contributed by atoms with Crippen LogP contribution >= 0.6 is 0 Å². The number of hydrogen-bond acceptors (Lipinski definition) is 5. The van der Waals surface area contributed by atoms with Crippen molar-refractivity contribution in [2.24, 2.45) is 0 Å². The van der Waals surface area contributed by atoms with Crippen LogP contribution in [0.3, 0.4) is 0 Å². The molecule has 1 aliphatic carbocycles. The van der Waals surface area contributed by atoms with Crippen LogP contribution in [0.2, 0.25) is 0 Å². The fraction of sp³-hybridized carbons (Fsp3) is 0.267. The minimum absolute atomic E-state index is 0.485. The summed E-state index contributed by atoms with van der Waals surface area (Å²) in [5, 5.41) is 12.2. The largest absolute Gasteiger partial charge is 0.497 e. The van der Waals surface area contributed by atoms with E-state index >= 15 is 0 Å². The Kier molecular flexibility index (Phi) is 6.62. The first-order valence-electron chi connectivity index (χ1n) is 12.0. The van der Waals surface area contributed by atoms with Crippen molar-refractivity contribution in [2.45, 2.75) is 37.6 Å². The Morgan fingerprint density at radius 2 is 1.34 bits per heavy atom. The van der Waals surface area contributed by atoms with Crippen LogP contribution in [0.1, 0.15) is 41.1 Å². The van der Waals surface area contributed by atoms with E-state index in [1.165, 1.54) is 18.4 Å². The van der Waals surface area contributed by atoms with E-state index in [1.807, 2.05) is 66.7 Å². The van der Waals surface area contributed by atoms with Crippen molar-refractivity contribution in [3.63, 3.8) is 0 Å². The van der Waals surface area contributed by atoms with Crippen LogP contribution < -0.4 is 9.47 Å². The van der Waals surface area contributed by atoms with Crippen LogP contribution in [0.5, 0.6) is 11.5 Å². The van der Waals surface area contributed by atoms with Crippen molar-refractivity contribution in [3.05, 3.63) is 119 Å². The molecule has 1 aliphatic rings. The van der Waals surface area contributed by atoms with E-state index in [0.29, 0.717) is 29.5 Å². The Balaban J connectivity index is 1.47. The molecule has 5 nitrogen and oxygen atoms in total. The maximum atomic E-state index is 12.2. The number of benzene rings is 3. The molecule has 0 radical (unpaired) electrons. The second-order valence-electron chi connectivity index (χ2n) is 9.06. The number of hydrogen-bond donors (Lipinski definition) is 1. The third-order valence-corrected chi connectivity index (χ3v) is 6.68. The Labute approximate surface area is 206 Å². The summed E-state index contributed by atoms with van der Waals surface area (Å²) >= 11 is 0. The van der Waals surface area contributed by atoms with Gasteiger partial charge in [0.25, 0.3) is 0 Å². The lowest BCUT2D eigenvalue weighted by Crippen LogP contribution is -2.28.